The molecule has 2 heterocycles. The van der Waals surface area contributed by atoms with Crippen molar-refractivity contribution >= 4 is 5.91 Å². The van der Waals surface area contributed by atoms with Crippen LogP contribution in [-0.2, 0) is 31.0 Å². The van der Waals surface area contributed by atoms with Crippen molar-refractivity contribution in [2.75, 3.05) is 0 Å². The standard InChI is InChI=1S/C19H17F3N4O/c1-26-17(7-8-25-26)16-6-5-14(11-23-16)12-24-18(27)10-13-3-2-4-15(9-13)19(20,21)22/h2-9,11H,10,12H2,1H3,(H,24,27). The van der Waals surface area contributed by atoms with Gasteiger partial charge in [-0.25, -0.2) is 0 Å². The summed E-state index contributed by atoms with van der Waals surface area (Å²) in [7, 11) is 1.82. The SMILES string of the molecule is Cn1nccc1-c1ccc(CNC(=O)Cc2cccc(C(F)(F)F)c2)cn1. The van der Waals surface area contributed by atoms with Crippen molar-refractivity contribution in [2.24, 2.45) is 7.05 Å². The molecule has 2 aromatic heterocycles. The van der Waals surface area contributed by atoms with Gasteiger partial charge in [0.2, 0.25) is 5.91 Å². The molecule has 3 rings (SSSR count). The van der Waals surface area contributed by atoms with Crippen LogP contribution in [0.3, 0.4) is 0 Å². The van der Waals surface area contributed by atoms with Crippen molar-refractivity contribution in [3.63, 3.8) is 0 Å². The highest BCUT2D eigenvalue weighted by atomic mass is 19.4. The number of nitrogens with one attached hydrogen (secondary N) is 1. The minimum atomic E-state index is -4.42. The molecular formula is C19H17F3N4O. The van der Waals surface area contributed by atoms with Crippen molar-refractivity contribution in [1.82, 2.24) is 20.1 Å². The normalized spacial score (nSPS) is 11.4. The average Bonchev–Trinajstić information content (AvgIpc) is 3.06. The number of benzene rings is 1. The second-order valence-corrected chi connectivity index (χ2v) is 6.04. The molecule has 0 bridgehead atoms. The van der Waals surface area contributed by atoms with Gasteiger partial charge in [0.25, 0.3) is 0 Å². The molecule has 0 saturated carbocycles. The number of alkyl halides is 3. The molecular weight excluding hydrogens is 357 g/mol. The number of amides is 1. The van der Waals surface area contributed by atoms with Crippen molar-refractivity contribution in [3.8, 4) is 11.4 Å². The van der Waals surface area contributed by atoms with E-state index in [2.05, 4.69) is 15.4 Å². The van der Waals surface area contributed by atoms with Crippen molar-refractivity contribution < 1.29 is 18.0 Å². The molecule has 0 aliphatic carbocycles. The minimum absolute atomic E-state index is 0.121. The predicted molar refractivity (Wildman–Crippen MR) is 93.4 cm³/mol. The molecule has 0 aliphatic heterocycles. The molecule has 0 spiro atoms. The molecule has 0 atom stereocenters. The molecule has 1 aromatic carbocycles. The number of halogens is 3. The van der Waals surface area contributed by atoms with Gasteiger partial charge < -0.3 is 5.32 Å². The summed E-state index contributed by atoms with van der Waals surface area (Å²) in [6.07, 6.45) is -1.22. The van der Waals surface area contributed by atoms with E-state index in [4.69, 9.17) is 0 Å². The van der Waals surface area contributed by atoms with E-state index in [0.29, 0.717) is 5.56 Å². The Bertz CT molecular complexity index is 933. The molecule has 140 valence electrons. The lowest BCUT2D eigenvalue weighted by Crippen LogP contribution is -2.24. The van der Waals surface area contributed by atoms with Crippen molar-refractivity contribution in [3.05, 3.63) is 71.5 Å². The van der Waals surface area contributed by atoms with E-state index >= 15 is 0 Å². The fraction of sp³-hybridized carbons (Fsp3) is 0.211. The summed E-state index contributed by atoms with van der Waals surface area (Å²) < 4.78 is 39.9. The summed E-state index contributed by atoms with van der Waals surface area (Å²) in [4.78, 5) is 16.4. The van der Waals surface area contributed by atoms with Gasteiger partial charge >= 0.3 is 6.18 Å². The number of rotatable bonds is 5. The van der Waals surface area contributed by atoms with E-state index in [0.717, 1.165) is 29.1 Å². The Hall–Kier alpha value is -3.16. The largest absolute Gasteiger partial charge is 0.416 e. The first kappa shape index (κ1) is 18.6. The molecule has 3 aromatic rings. The molecule has 1 amide bonds. The van der Waals surface area contributed by atoms with Crippen molar-refractivity contribution in [1.29, 1.82) is 0 Å². The summed E-state index contributed by atoms with van der Waals surface area (Å²) in [5, 5.41) is 6.78. The van der Waals surface area contributed by atoms with Crippen LogP contribution >= 0.6 is 0 Å². The van der Waals surface area contributed by atoms with Gasteiger partial charge in [0.15, 0.2) is 0 Å². The Labute approximate surface area is 153 Å². The fourth-order valence-electron chi connectivity index (χ4n) is 2.61. The van der Waals surface area contributed by atoms with Gasteiger partial charge in [0.1, 0.15) is 0 Å². The topological polar surface area (TPSA) is 59.8 Å². The Kier molecular flexibility index (Phi) is 5.25. The van der Waals surface area contributed by atoms with E-state index in [1.807, 2.05) is 25.2 Å². The first-order chi connectivity index (χ1) is 12.8. The third-order valence-corrected chi connectivity index (χ3v) is 4.02. The number of aromatic nitrogens is 3. The van der Waals surface area contributed by atoms with Crippen LogP contribution in [0.5, 0.6) is 0 Å². The number of carbonyl (C=O) groups excluding carboxylic acids is 1. The minimum Gasteiger partial charge on any atom is -0.352 e. The summed E-state index contributed by atoms with van der Waals surface area (Å²) in [5.74, 6) is -0.356. The highest BCUT2D eigenvalue weighted by Gasteiger charge is 2.30. The van der Waals surface area contributed by atoms with Gasteiger partial charge in [0.05, 0.1) is 23.4 Å². The number of aryl methyl sites for hydroxylation is 1. The monoisotopic (exact) mass is 374 g/mol. The zero-order valence-corrected chi connectivity index (χ0v) is 14.5. The van der Waals surface area contributed by atoms with E-state index < -0.39 is 11.7 Å². The number of nitrogens with zero attached hydrogens (tertiary/aromatic N) is 3. The highest BCUT2D eigenvalue weighted by molar-refractivity contribution is 5.78. The average molecular weight is 374 g/mol. The number of pyridine rings is 1. The van der Waals surface area contributed by atoms with Gasteiger partial charge in [-0.3, -0.25) is 14.5 Å². The maximum absolute atomic E-state index is 12.7. The molecule has 1 N–H and O–H groups in total. The quantitative estimate of drug-likeness (QED) is 0.745. The maximum Gasteiger partial charge on any atom is 0.416 e. The van der Waals surface area contributed by atoms with Crippen LogP contribution < -0.4 is 5.32 Å². The molecule has 0 fully saturated rings. The summed E-state index contributed by atoms with van der Waals surface area (Å²) in [6, 6.07) is 10.3. The first-order valence-electron chi connectivity index (χ1n) is 8.19. The lowest BCUT2D eigenvalue weighted by atomic mass is 10.1. The second-order valence-electron chi connectivity index (χ2n) is 6.04. The van der Waals surface area contributed by atoms with Crippen LogP contribution in [0.2, 0.25) is 0 Å². The maximum atomic E-state index is 12.7. The van der Waals surface area contributed by atoms with Crippen LogP contribution in [-0.4, -0.2) is 20.7 Å². The van der Waals surface area contributed by atoms with E-state index in [9.17, 15) is 18.0 Å². The highest BCUT2D eigenvalue weighted by Crippen LogP contribution is 2.29. The zero-order chi connectivity index (χ0) is 19.4. The molecule has 0 saturated heterocycles. The zero-order valence-electron chi connectivity index (χ0n) is 14.5. The molecule has 5 nitrogen and oxygen atoms in total. The summed E-state index contributed by atoms with van der Waals surface area (Å²) in [5.41, 5.74) is 1.97. The molecule has 27 heavy (non-hydrogen) atoms. The van der Waals surface area contributed by atoms with Gasteiger partial charge in [-0.15, -0.1) is 0 Å². The van der Waals surface area contributed by atoms with Gasteiger partial charge in [0, 0.05) is 26.0 Å². The van der Waals surface area contributed by atoms with Gasteiger partial charge in [-0.2, -0.15) is 18.3 Å². The molecule has 0 unspecified atom stereocenters. The second kappa shape index (κ2) is 7.61. The summed E-state index contributed by atoms with van der Waals surface area (Å²) >= 11 is 0. The van der Waals surface area contributed by atoms with E-state index in [1.165, 1.54) is 12.1 Å². The lowest BCUT2D eigenvalue weighted by molar-refractivity contribution is -0.137. The van der Waals surface area contributed by atoms with Crippen LogP contribution in [0.4, 0.5) is 13.2 Å². The van der Waals surface area contributed by atoms with Crippen LogP contribution in [0.1, 0.15) is 16.7 Å². The van der Waals surface area contributed by atoms with Gasteiger partial charge in [-0.1, -0.05) is 24.3 Å². The Morgan fingerprint density at radius 2 is 1.96 bits per heavy atom. The Morgan fingerprint density at radius 1 is 1.15 bits per heavy atom. The summed E-state index contributed by atoms with van der Waals surface area (Å²) in [6.45, 7) is 0.246. The predicted octanol–water partition coefficient (Wildman–Crippen LogP) is 3.36. The van der Waals surface area contributed by atoms with Gasteiger partial charge in [-0.05, 0) is 29.3 Å². The molecule has 8 heteroatoms. The third kappa shape index (κ3) is 4.72. The van der Waals surface area contributed by atoms with Crippen molar-refractivity contribution in [2.45, 2.75) is 19.1 Å². The lowest BCUT2D eigenvalue weighted by Gasteiger charge is -2.09. The van der Waals surface area contributed by atoms with Crippen LogP contribution in [0, 0.1) is 0 Å². The smallest absolute Gasteiger partial charge is 0.352 e. The molecule has 0 aliphatic rings. The molecule has 0 radical (unpaired) electrons. The Morgan fingerprint density at radius 3 is 2.59 bits per heavy atom. The number of hydrogen-bond donors (Lipinski definition) is 1. The van der Waals surface area contributed by atoms with Crippen LogP contribution in [0.25, 0.3) is 11.4 Å². The number of carbonyl (C=O) groups is 1. The third-order valence-electron chi connectivity index (χ3n) is 4.02. The first-order valence-corrected chi connectivity index (χ1v) is 8.19. The fourth-order valence-corrected chi connectivity index (χ4v) is 2.61. The van der Waals surface area contributed by atoms with Crippen LogP contribution in [0.15, 0.2) is 54.9 Å². The Balaban J connectivity index is 1.57. The van der Waals surface area contributed by atoms with E-state index in [-0.39, 0.29) is 18.9 Å². The number of hydrogen-bond acceptors (Lipinski definition) is 3. The van der Waals surface area contributed by atoms with E-state index in [1.54, 1.807) is 17.1 Å².